The summed E-state index contributed by atoms with van der Waals surface area (Å²) in [7, 11) is 1.66. The Morgan fingerprint density at radius 3 is 2.64 bits per heavy atom. The van der Waals surface area contributed by atoms with Gasteiger partial charge in [0.1, 0.15) is 17.1 Å². The molecule has 0 unspecified atom stereocenters. The quantitative estimate of drug-likeness (QED) is 0.743. The van der Waals surface area contributed by atoms with Gasteiger partial charge in [-0.25, -0.2) is 0 Å². The number of halogens is 1. The Labute approximate surface area is 158 Å². The number of hydrogen-bond donors (Lipinski definition) is 2. The van der Waals surface area contributed by atoms with E-state index in [1.807, 2.05) is 42.5 Å². The molecular weight excluding hydrogens is 356 g/mol. The van der Waals surface area contributed by atoms with E-state index < -0.39 is 0 Å². The van der Waals surface area contributed by atoms with Crippen LogP contribution in [0.4, 0.5) is 5.69 Å². The zero-order chi connectivity index (χ0) is 18.0. The first-order valence-electron chi connectivity index (χ1n) is 8.06. The second kappa shape index (κ2) is 7.10. The van der Waals surface area contributed by atoms with Crippen LogP contribution in [0.3, 0.4) is 0 Å². The van der Waals surface area contributed by atoms with E-state index in [9.17, 15) is 0 Å². The van der Waals surface area contributed by atoms with Gasteiger partial charge in [-0.3, -0.25) is 0 Å². The average molecular weight is 377 g/mol. The average Bonchev–Trinajstić information content (AvgIpc) is 2.55. The third kappa shape index (κ3) is 4.35. The molecule has 0 fully saturated rings. The molecule has 0 aromatic heterocycles. The van der Waals surface area contributed by atoms with Crippen LogP contribution in [-0.2, 0) is 0 Å². The largest absolute Gasteiger partial charge is 0.497 e. The van der Waals surface area contributed by atoms with Gasteiger partial charge in [0, 0.05) is 22.7 Å². The highest BCUT2D eigenvalue weighted by Crippen LogP contribution is 2.41. The minimum Gasteiger partial charge on any atom is -0.497 e. The number of anilines is 1. The van der Waals surface area contributed by atoms with Crippen LogP contribution in [-0.4, -0.2) is 17.8 Å². The summed E-state index contributed by atoms with van der Waals surface area (Å²) in [5, 5.41) is 7.84. The standard InChI is InChI=1S/C19H21ClN2O2S/c1-19(2)11-16(15-10-14(23-3)8-9-17(15)24-19)22-18(25)21-13-6-4-12(20)5-7-13/h4-10,16H,11H2,1-3H3,(H2,21,22,25)/t16-/m1/s1. The lowest BCUT2D eigenvalue weighted by molar-refractivity contribution is 0.0695. The Morgan fingerprint density at radius 2 is 1.96 bits per heavy atom. The van der Waals surface area contributed by atoms with E-state index in [1.165, 1.54) is 0 Å². The third-order valence-corrected chi connectivity index (χ3v) is 4.55. The Balaban J connectivity index is 1.79. The highest BCUT2D eigenvalue weighted by molar-refractivity contribution is 7.80. The fraction of sp³-hybridized carbons (Fsp3) is 0.316. The van der Waals surface area contributed by atoms with Crippen LogP contribution in [0.5, 0.6) is 11.5 Å². The van der Waals surface area contributed by atoms with Crippen molar-refractivity contribution < 1.29 is 9.47 Å². The lowest BCUT2D eigenvalue weighted by Crippen LogP contribution is -2.42. The fourth-order valence-corrected chi connectivity index (χ4v) is 3.33. The number of rotatable bonds is 3. The molecule has 1 heterocycles. The van der Waals surface area contributed by atoms with Gasteiger partial charge in [0.2, 0.25) is 0 Å². The molecule has 1 aliphatic rings. The molecule has 2 N–H and O–H groups in total. The van der Waals surface area contributed by atoms with E-state index in [4.69, 9.17) is 33.3 Å². The van der Waals surface area contributed by atoms with Crippen LogP contribution in [0, 0.1) is 0 Å². The van der Waals surface area contributed by atoms with E-state index in [-0.39, 0.29) is 11.6 Å². The van der Waals surface area contributed by atoms with Crippen molar-refractivity contribution in [2.24, 2.45) is 0 Å². The van der Waals surface area contributed by atoms with Crippen LogP contribution in [0.25, 0.3) is 0 Å². The fourth-order valence-electron chi connectivity index (χ4n) is 2.95. The molecule has 2 aromatic carbocycles. The summed E-state index contributed by atoms with van der Waals surface area (Å²) in [4.78, 5) is 0. The molecule has 0 bridgehead atoms. The number of nitrogens with one attached hydrogen (secondary N) is 2. The van der Waals surface area contributed by atoms with Gasteiger partial charge in [-0.15, -0.1) is 0 Å². The molecule has 4 nitrogen and oxygen atoms in total. The van der Waals surface area contributed by atoms with E-state index >= 15 is 0 Å². The van der Waals surface area contributed by atoms with E-state index in [1.54, 1.807) is 7.11 Å². The Morgan fingerprint density at radius 1 is 1.24 bits per heavy atom. The number of methoxy groups -OCH3 is 1. The summed E-state index contributed by atoms with van der Waals surface area (Å²) in [5.41, 5.74) is 1.65. The molecule has 0 saturated heterocycles. The molecule has 25 heavy (non-hydrogen) atoms. The Bertz CT molecular complexity index is 777. The molecular formula is C19H21ClN2O2S. The van der Waals surface area contributed by atoms with E-state index in [0.717, 1.165) is 29.2 Å². The predicted octanol–water partition coefficient (Wildman–Crippen LogP) is 4.94. The summed E-state index contributed by atoms with van der Waals surface area (Å²) in [6.07, 6.45) is 0.787. The van der Waals surface area contributed by atoms with Crippen LogP contribution in [0.15, 0.2) is 42.5 Å². The van der Waals surface area contributed by atoms with Crippen molar-refractivity contribution in [2.45, 2.75) is 31.9 Å². The van der Waals surface area contributed by atoms with Crippen molar-refractivity contribution in [3.63, 3.8) is 0 Å². The van der Waals surface area contributed by atoms with Crippen LogP contribution in [0.1, 0.15) is 31.9 Å². The summed E-state index contributed by atoms with van der Waals surface area (Å²) in [5.74, 6) is 1.65. The van der Waals surface area contributed by atoms with Crippen molar-refractivity contribution in [3.05, 3.63) is 53.1 Å². The normalized spacial score (nSPS) is 17.8. The molecule has 0 radical (unpaired) electrons. The molecule has 0 saturated carbocycles. The smallest absolute Gasteiger partial charge is 0.171 e. The minimum absolute atomic E-state index is 0.0288. The molecule has 0 aliphatic carbocycles. The summed E-state index contributed by atoms with van der Waals surface area (Å²) >= 11 is 11.4. The van der Waals surface area contributed by atoms with Gasteiger partial charge in [-0.2, -0.15) is 0 Å². The first kappa shape index (κ1) is 17.8. The van der Waals surface area contributed by atoms with Gasteiger partial charge in [0.05, 0.1) is 13.2 Å². The first-order valence-corrected chi connectivity index (χ1v) is 8.85. The number of hydrogen-bond acceptors (Lipinski definition) is 3. The van der Waals surface area contributed by atoms with Crippen LogP contribution < -0.4 is 20.1 Å². The Kier molecular flexibility index (Phi) is 5.06. The maximum atomic E-state index is 6.09. The predicted molar refractivity (Wildman–Crippen MR) is 106 cm³/mol. The monoisotopic (exact) mass is 376 g/mol. The molecule has 1 aliphatic heterocycles. The highest BCUT2D eigenvalue weighted by atomic mass is 35.5. The molecule has 0 amide bonds. The van der Waals surface area contributed by atoms with Gasteiger partial charge >= 0.3 is 0 Å². The molecule has 2 aromatic rings. The van der Waals surface area contributed by atoms with Crippen molar-refractivity contribution >= 4 is 34.6 Å². The summed E-state index contributed by atoms with van der Waals surface area (Å²) in [6.45, 7) is 4.15. The van der Waals surface area contributed by atoms with E-state index in [0.29, 0.717) is 10.1 Å². The number of ether oxygens (including phenoxy) is 2. The number of fused-ring (bicyclic) bond motifs is 1. The zero-order valence-corrected chi connectivity index (χ0v) is 16.0. The van der Waals surface area contributed by atoms with Gasteiger partial charge in [-0.1, -0.05) is 11.6 Å². The summed E-state index contributed by atoms with van der Waals surface area (Å²) in [6, 6.07) is 13.3. The maximum absolute atomic E-state index is 6.09. The van der Waals surface area contributed by atoms with Crippen LogP contribution >= 0.6 is 23.8 Å². The molecule has 1 atom stereocenters. The lowest BCUT2D eigenvalue weighted by atomic mass is 9.89. The van der Waals surface area contributed by atoms with Crippen molar-refractivity contribution in [1.82, 2.24) is 5.32 Å². The lowest BCUT2D eigenvalue weighted by Gasteiger charge is -2.38. The number of benzene rings is 2. The highest BCUT2D eigenvalue weighted by Gasteiger charge is 2.34. The Hall–Kier alpha value is -1.98. The maximum Gasteiger partial charge on any atom is 0.171 e. The van der Waals surface area contributed by atoms with Gasteiger partial charge < -0.3 is 20.1 Å². The zero-order valence-electron chi connectivity index (χ0n) is 14.4. The van der Waals surface area contributed by atoms with Gasteiger partial charge in [-0.05, 0) is 68.5 Å². The SMILES string of the molecule is COc1ccc2c(c1)[C@H](NC(=S)Nc1ccc(Cl)cc1)CC(C)(C)O2. The number of thiocarbonyl (C=S) groups is 1. The van der Waals surface area contributed by atoms with Gasteiger partial charge in [0.15, 0.2) is 5.11 Å². The summed E-state index contributed by atoms with van der Waals surface area (Å²) < 4.78 is 11.4. The van der Waals surface area contributed by atoms with E-state index in [2.05, 4.69) is 24.5 Å². The van der Waals surface area contributed by atoms with Crippen LogP contribution in [0.2, 0.25) is 5.02 Å². The molecule has 132 valence electrons. The van der Waals surface area contributed by atoms with Gasteiger partial charge in [0.25, 0.3) is 0 Å². The first-order chi connectivity index (χ1) is 11.9. The topological polar surface area (TPSA) is 42.5 Å². The second-order valence-electron chi connectivity index (χ2n) is 6.63. The molecule has 3 rings (SSSR count). The van der Waals surface area contributed by atoms with Crippen molar-refractivity contribution in [2.75, 3.05) is 12.4 Å². The minimum atomic E-state index is -0.283. The molecule has 0 spiro atoms. The molecule has 6 heteroatoms. The van der Waals surface area contributed by atoms with Crippen molar-refractivity contribution in [1.29, 1.82) is 0 Å². The second-order valence-corrected chi connectivity index (χ2v) is 7.47. The van der Waals surface area contributed by atoms with Crippen molar-refractivity contribution in [3.8, 4) is 11.5 Å². The third-order valence-electron chi connectivity index (χ3n) is 4.08.